The van der Waals surface area contributed by atoms with Gasteiger partial charge in [-0.25, -0.2) is 0 Å². The van der Waals surface area contributed by atoms with Gasteiger partial charge in [0.2, 0.25) is 0 Å². The highest BCUT2D eigenvalue weighted by Crippen LogP contribution is 2.47. The summed E-state index contributed by atoms with van der Waals surface area (Å²) in [7, 11) is 0. The fourth-order valence-electron chi connectivity index (χ4n) is 5.31. The fraction of sp³-hybridized carbons (Fsp3) is 0.483. The zero-order valence-electron chi connectivity index (χ0n) is 20.1. The van der Waals surface area contributed by atoms with E-state index < -0.39 is 0 Å². The maximum Gasteiger partial charge on any atom is 0.189 e. The number of rotatable bonds is 7. The van der Waals surface area contributed by atoms with Gasteiger partial charge in [0.25, 0.3) is 0 Å². The van der Waals surface area contributed by atoms with Crippen molar-refractivity contribution in [2.75, 3.05) is 13.2 Å². The maximum absolute atomic E-state index is 13.1. The Hall–Kier alpha value is -2.43. The summed E-state index contributed by atoms with van der Waals surface area (Å²) < 4.78 is 18.6. The highest BCUT2D eigenvalue weighted by Gasteiger charge is 2.43. The van der Waals surface area contributed by atoms with Crippen molar-refractivity contribution in [3.63, 3.8) is 0 Å². The molecule has 4 rings (SSSR count). The molecule has 0 radical (unpaired) electrons. The molecule has 2 aliphatic rings. The third-order valence-corrected chi connectivity index (χ3v) is 6.95. The van der Waals surface area contributed by atoms with E-state index in [0.29, 0.717) is 17.9 Å². The number of ketones is 1. The minimum atomic E-state index is -0.182. The molecule has 1 aliphatic carbocycles. The Morgan fingerprint density at radius 2 is 1.82 bits per heavy atom. The molecule has 1 saturated carbocycles. The molecule has 0 N–H and O–H groups in total. The Morgan fingerprint density at radius 1 is 1.06 bits per heavy atom. The van der Waals surface area contributed by atoms with Crippen molar-refractivity contribution in [1.82, 2.24) is 0 Å². The molecular weight excluding hydrogens is 412 g/mol. The quantitative estimate of drug-likeness (QED) is 0.346. The monoisotopic (exact) mass is 448 g/mol. The van der Waals surface area contributed by atoms with E-state index in [2.05, 4.69) is 31.2 Å². The number of hydrogen-bond acceptors (Lipinski definition) is 4. The van der Waals surface area contributed by atoms with E-state index in [9.17, 15) is 4.79 Å². The summed E-state index contributed by atoms with van der Waals surface area (Å²) in [4.78, 5) is 13.1. The molecule has 2 unspecified atom stereocenters. The average molecular weight is 449 g/mol. The van der Waals surface area contributed by atoms with Crippen molar-refractivity contribution in [1.29, 1.82) is 0 Å². The Morgan fingerprint density at radius 3 is 2.52 bits per heavy atom. The van der Waals surface area contributed by atoms with Crippen molar-refractivity contribution in [2.45, 2.75) is 77.1 Å². The van der Waals surface area contributed by atoms with Crippen LogP contribution in [0.25, 0.3) is 0 Å². The standard InChI is InChI=1S/C29H36O4/c1-4-31-24-19-27(23-11-7-6-8-12-23)33-29(20-24)16-14-22(15-17-29)18-26(30)25-13-9-10-21(3)28(25)32-5-2/h6-13,18,24,27H,4-5,14-17,19-20H2,1-3H3. The molecule has 1 saturated heterocycles. The largest absolute Gasteiger partial charge is 0.493 e. The Bertz CT molecular complexity index is 968. The van der Waals surface area contributed by atoms with E-state index in [1.165, 1.54) is 11.1 Å². The number of ether oxygens (including phenoxy) is 3. The van der Waals surface area contributed by atoms with Crippen LogP contribution in [0.3, 0.4) is 0 Å². The van der Waals surface area contributed by atoms with E-state index in [4.69, 9.17) is 14.2 Å². The summed E-state index contributed by atoms with van der Waals surface area (Å²) in [5.41, 5.74) is 3.89. The normalized spacial score (nSPS) is 25.1. The van der Waals surface area contributed by atoms with Crippen LogP contribution < -0.4 is 4.74 Å². The SMILES string of the molecule is CCOc1c(C)cccc1C(=O)C=C1CCC2(CC1)CC(OCC)CC(c1ccccc1)O2. The van der Waals surface area contributed by atoms with Gasteiger partial charge >= 0.3 is 0 Å². The molecule has 2 atom stereocenters. The second kappa shape index (κ2) is 10.7. The van der Waals surface area contributed by atoms with Crippen molar-refractivity contribution in [2.24, 2.45) is 0 Å². The lowest BCUT2D eigenvalue weighted by molar-refractivity contribution is -0.184. The lowest BCUT2D eigenvalue weighted by atomic mass is 9.75. The smallest absolute Gasteiger partial charge is 0.189 e. The van der Waals surface area contributed by atoms with Gasteiger partial charge < -0.3 is 14.2 Å². The van der Waals surface area contributed by atoms with Crippen molar-refractivity contribution >= 4 is 5.78 Å². The highest BCUT2D eigenvalue weighted by atomic mass is 16.5. The van der Waals surface area contributed by atoms with Crippen molar-refractivity contribution in [3.8, 4) is 5.75 Å². The van der Waals surface area contributed by atoms with Gasteiger partial charge in [-0.1, -0.05) is 48.0 Å². The molecule has 2 aromatic rings. The van der Waals surface area contributed by atoms with E-state index >= 15 is 0 Å². The summed E-state index contributed by atoms with van der Waals surface area (Å²) in [6.45, 7) is 7.26. The van der Waals surface area contributed by atoms with Gasteiger partial charge in [0.05, 0.1) is 30.0 Å². The Labute approximate surface area is 197 Å². The van der Waals surface area contributed by atoms with E-state index in [-0.39, 0.29) is 23.6 Å². The van der Waals surface area contributed by atoms with E-state index in [1.807, 2.05) is 44.2 Å². The van der Waals surface area contributed by atoms with Gasteiger partial charge in [0, 0.05) is 19.4 Å². The molecule has 4 nitrogen and oxygen atoms in total. The molecule has 2 aromatic carbocycles. The Kier molecular flexibility index (Phi) is 7.67. The molecule has 1 aliphatic heterocycles. The number of carbonyl (C=O) groups excluding carboxylic acids is 1. The summed E-state index contributed by atoms with van der Waals surface area (Å²) >= 11 is 0. The molecular formula is C29H36O4. The van der Waals surface area contributed by atoms with Gasteiger partial charge in [-0.2, -0.15) is 0 Å². The second-order valence-electron chi connectivity index (χ2n) is 9.27. The lowest BCUT2D eigenvalue weighted by Crippen LogP contribution is -2.45. The van der Waals surface area contributed by atoms with Gasteiger partial charge in [0.15, 0.2) is 5.78 Å². The minimum Gasteiger partial charge on any atom is -0.493 e. The van der Waals surface area contributed by atoms with Crippen LogP contribution in [0.4, 0.5) is 0 Å². The third-order valence-electron chi connectivity index (χ3n) is 6.95. The topological polar surface area (TPSA) is 44.8 Å². The first-order chi connectivity index (χ1) is 16.0. The number of aryl methyl sites for hydroxylation is 1. The zero-order chi connectivity index (χ0) is 23.3. The van der Waals surface area contributed by atoms with Gasteiger partial charge in [-0.15, -0.1) is 0 Å². The third kappa shape index (κ3) is 5.56. The Balaban J connectivity index is 1.48. The average Bonchev–Trinajstić information content (AvgIpc) is 2.83. The first-order valence-electron chi connectivity index (χ1n) is 12.3. The number of para-hydroxylation sites is 1. The van der Waals surface area contributed by atoms with Gasteiger partial charge in [-0.3, -0.25) is 4.79 Å². The van der Waals surface area contributed by atoms with Crippen LogP contribution in [0.15, 0.2) is 60.2 Å². The lowest BCUT2D eigenvalue weighted by Gasteiger charge is -2.47. The predicted octanol–water partition coefficient (Wildman–Crippen LogP) is 6.77. The number of carbonyl (C=O) groups is 1. The van der Waals surface area contributed by atoms with Gasteiger partial charge in [-0.05, 0) is 69.7 Å². The second-order valence-corrected chi connectivity index (χ2v) is 9.27. The molecule has 33 heavy (non-hydrogen) atoms. The summed E-state index contributed by atoms with van der Waals surface area (Å²) in [5, 5.41) is 0. The number of allylic oxidation sites excluding steroid dienone is 2. The molecule has 4 heteroatoms. The number of hydrogen-bond donors (Lipinski definition) is 0. The summed E-state index contributed by atoms with van der Waals surface area (Å²) in [6, 6.07) is 16.3. The van der Waals surface area contributed by atoms with Crippen LogP contribution in [-0.4, -0.2) is 30.7 Å². The molecule has 176 valence electrons. The highest BCUT2D eigenvalue weighted by molar-refractivity contribution is 6.07. The summed E-state index contributed by atoms with van der Waals surface area (Å²) in [6.07, 6.45) is 7.53. The molecule has 2 fully saturated rings. The maximum atomic E-state index is 13.1. The molecule has 1 heterocycles. The van der Waals surface area contributed by atoms with Crippen LogP contribution in [-0.2, 0) is 9.47 Å². The first kappa shape index (κ1) is 23.7. The summed E-state index contributed by atoms with van der Waals surface area (Å²) in [5.74, 6) is 0.738. The molecule has 0 bridgehead atoms. The van der Waals surface area contributed by atoms with Crippen LogP contribution in [0.1, 0.15) is 80.0 Å². The fourth-order valence-corrected chi connectivity index (χ4v) is 5.31. The van der Waals surface area contributed by atoms with Crippen molar-refractivity contribution in [3.05, 3.63) is 76.9 Å². The van der Waals surface area contributed by atoms with Crippen LogP contribution in [0.2, 0.25) is 0 Å². The molecule has 1 spiro atoms. The minimum absolute atomic E-state index is 0.0343. The van der Waals surface area contributed by atoms with Crippen LogP contribution in [0, 0.1) is 6.92 Å². The molecule has 0 amide bonds. The van der Waals surface area contributed by atoms with Crippen LogP contribution >= 0.6 is 0 Å². The van der Waals surface area contributed by atoms with E-state index in [1.54, 1.807) is 0 Å². The molecule has 0 aromatic heterocycles. The van der Waals surface area contributed by atoms with E-state index in [0.717, 1.165) is 50.7 Å². The van der Waals surface area contributed by atoms with Crippen molar-refractivity contribution < 1.29 is 19.0 Å². The van der Waals surface area contributed by atoms with Crippen LogP contribution in [0.5, 0.6) is 5.75 Å². The first-order valence-corrected chi connectivity index (χ1v) is 12.3. The number of benzene rings is 2. The zero-order valence-corrected chi connectivity index (χ0v) is 20.1. The van der Waals surface area contributed by atoms with Gasteiger partial charge in [0.1, 0.15) is 5.75 Å². The predicted molar refractivity (Wildman–Crippen MR) is 131 cm³/mol.